The van der Waals surface area contributed by atoms with Gasteiger partial charge in [-0.15, -0.1) is 6.42 Å². The highest BCUT2D eigenvalue weighted by Crippen LogP contribution is 2.20. The molecule has 2 nitrogen and oxygen atoms in total. The maximum absolute atomic E-state index is 5.93. The summed E-state index contributed by atoms with van der Waals surface area (Å²) < 4.78 is 0. The van der Waals surface area contributed by atoms with Crippen LogP contribution in [0.5, 0.6) is 0 Å². The molecule has 0 spiro atoms. The van der Waals surface area contributed by atoms with Crippen LogP contribution in [0.4, 0.5) is 5.69 Å². The second kappa shape index (κ2) is 5.65. The Labute approximate surface area is 96.0 Å². The zero-order valence-electron chi connectivity index (χ0n) is 8.83. The molecule has 80 valence electrons. The van der Waals surface area contributed by atoms with E-state index in [2.05, 4.69) is 17.7 Å². The third-order valence-corrected chi connectivity index (χ3v) is 2.56. The zero-order chi connectivity index (χ0) is 11.3. The van der Waals surface area contributed by atoms with Crippen LogP contribution in [-0.4, -0.2) is 18.0 Å². The number of halogens is 1. The van der Waals surface area contributed by atoms with Gasteiger partial charge in [0.05, 0.1) is 17.3 Å². The van der Waals surface area contributed by atoms with Crippen molar-refractivity contribution in [3.63, 3.8) is 0 Å². The Kier molecular flexibility index (Phi) is 4.48. The van der Waals surface area contributed by atoms with Gasteiger partial charge in [-0.25, -0.2) is 0 Å². The number of anilines is 1. The normalized spacial score (nSPS) is 10.3. The van der Waals surface area contributed by atoms with Crippen LogP contribution in [0.15, 0.2) is 18.2 Å². The lowest BCUT2D eigenvalue weighted by Crippen LogP contribution is -2.22. The average molecular weight is 223 g/mol. The van der Waals surface area contributed by atoms with Gasteiger partial charge in [0.25, 0.3) is 0 Å². The molecule has 0 aromatic heterocycles. The predicted octanol–water partition coefficient (Wildman–Crippen LogP) is 2.38. The minimum Gasteiger partial charge on any atom is -0.398 e. The maximum Gasteiger partial charge on any atom is 0.0638 e. The predicted molar refractivity (Wildman–Crippen MR) is 65.6 cm³/mol. The van der Waals surface area contributed by atoms with Gasteiger partial charge < -0.3 is 5.73 Å². The minimum atomic E-state index is 0.601. The number of hydrogen-bond donors (Lipinski definition) is 1. The summed E-state index contributed by atoms with van der Waals surface area (Å²) in [4.78, 5) is 2.15. The summed E-state index contributed by atoms with van der Waals surface area (Å²) in [5, 5.41) is 0.601. The zero-order valence-corrected chi connectivity index (χ0v) is 9.59. The largest absolute Gasteiger partial charge is 0.398 e. The Hall–Kier alpha value is -1.17. The molecule has 0 amide bonds. The van der Waals surface area contributed by atoms with Crippen LogP contribution in [0.1, 0.15) is 12.5 Å². The topological polar surface area (TPSA) is 29.3 Å². The Morgan fingerprint density at radius 2 is 2.27 bits per heavy atom. The highest BCUT2D eigenvalue weighted by molar-refractivity contribution is 6.33. The van der Waals surface area contributed by atoms with E-state index >= 15 is 0 Å². The second-order valence-corrected chi connectivity index (χ2v) is 3.77. The molecule has 1 aromatic carbocycles. The summed E-state index contributed by atoms with van der Waals surface area (Å²) in [5.41, 5.74) is 7.38. The summed E-state index contributed by atoms with van der Waals surface area (Å²) in [7, 11) is 0. The molecule has 0 aliphatic rings. The molecule has 0 radical (unpaired) electrons. The molecular weight excluding hydrogens is 208 g/mol. The fourth-order valence-corrected chi connectivity index (χ4v) is 1.54. The summed E-state index contributed by atoms with van der Waals surface area (Å²) in [6.07, 6.45) is 5.27. The second-order valence-electron chi connectivity index (χ2n) is 3.36. The first-order valence-electron chi connectivity index (χ1n) is 4.87. The number of benzene rings is 1. The molecule has 0 bridgehead atoms. The van der Waals surface area contributed by atoms with E-state index in [-0.39, 0.29) is 0 Å². The monoisotopic (exact) mass is 222 g/mol. The fourth-order valence-electron chi connectivity index (χ4n) is 1.34. The van der Waals surface area contributed by atoms with Crippen molar-refractivity contribution < 1.29 is 0 Å². The fraction of sp³-hybridized carbons (Fsp3) is 0.333. The van der Waals surface area contributed by atoms with Crippen molar-refractivity contribution in [2.45, 2.75) is 13.5 Å². The van der Waals surface area contributed by atoms with Gasteiger partial charge in [0.2, 0.25) is 0 Å². The minimum absolute atomic E-state index is 0.601. The van der Waals surface area contributed by atoms with Crippen LogP contribution in [0.25, 0.3) is 0 Å². The molecule has 1 rings (SSSR count). The summed E-state index contributed by atoms with van der Waals surface area (Å²) in [6.45, 7) is 4.46. The first-order chi connectivity index (χ1) is 7.17. The molecule has 0 unspecified atom stereocenters. The number of nitrogens with zero attached hydrogens (tertiary/aromatic N) is 1. The van der Waals surface area contributed by atoms with E-state index in [0.29, 0.717) is 17.3 Å². The van der Waals surface area contributed by atoms with Gasteiger partial charge in [0.1, 0.15) is 0 Å². The summed E-state index contributed by atoms with van der Waals surface area (Å²) in [6, 6.07) is 5.68. The van der Waals surface area contributed by atoms with Crippen molar-refractivity contribution in [1.82, 2.24) is 4.90 Å². The van der Waals surface area contributed by atoms with Crippen LogP contribution in [0.2, 0.25) is 5.02 Å². The molecule has 2 N–H and O–H groups in total. The molecule has 0 saturated carbocycles. The van der Waals surface area contributed by atoms with E-state index in [1.165, 1.54) is 0 Å². The van der Waals surface area contributed by atoms with E-state index in [1.54, 1.807) is 0 Å². The van der Waals surface area contributed by atoms with Crippen molar-refractivity contribution in [1.29, 1.82) is 0 Å². The maximum atomic E-state index is 5.93. The lowest BCUT2D eigenvalue weighted by molar-refractivity contribution is 0.316. The molecule has 0 aliphatic carbocycles. The van der Waals surface area contributed by atoms with E-state index < -0.39 is 0 Å². The van der Waals surface area contributed by atoms with Crippen molar-refractivity contribution in [3.8, 4) is 12.3 Å². The summed E-state index contributed by atoms with van der Waals surface area (Å²) in [5.74, 6) is 2.63. The lowest BCUT2D eigenvalue weighted by Gasteiger charge is -2.17. The number of hydrogen-bond acceptors (Lipinski definition) is 2. The Bertz CT molecular complexity index is 368. The van der Waals surface area contributed by atoms with Crippen LogP contribution >= 0.6 is 11.6 Å². The average Bonchev–Trinajstić information content (AvgIpc) is 2.23. The van der Waals surface area contributed by atoms with E-state index in [1.807, 2.05) is 18.2 Å². The van der Waals surface area contributed by atoms with Crippen molar-refractivity contribution in [3.05, 3.63) is 28.8 Å². The third-order valence-electron chi connectivity index (χ3n) is 2.23. The number of rotatable bonds is 4. The van der Waals surface area contributed by atoms with Crippen LogP contribution in [-0.2, 0) is 6.54 Å². The SMILES string of the molecule is C#CCN(CC)Cc1ccc(N)c(Cl)c1. The van der Waals surface area contributed by atoms with Crippen LogP contribution in [0, 0.1) is 12.3 Å². The molecular formula is C12H15ClN2. The number of nitrogens with two attached hydrogens (primary N) is 1. The van der Waals surface area contributed by atoms with Crippen LogP contribution < -0.4 is 5.73 Å². The van der Waals surface area contributed by atoms with E-state index in [4.69, 9.17) is 23.8 Å². The molecule has 1 aromatic rings. The lowest BCUT2D eigenvalue weighted by atomic mass is 10.2. The molecule has 0 saturated heterocycles. The highest BCUT2D eigenvalue weighted by atomic mass is 35.5. The molecule has 0 aliphatic heterocycles. The first-order valence-corrected chi connectivity index (χ1v) is 5.25. The Morgan fingerprint density at radius 1 is 1.53 bits per heavy atom. The molecule has 0 fully saturated rings. The number of nitrogen functional groups attached to an aromatic ring is 1. The standard InChI is InChI=1S/C12H15ClN2/c1-3-7-15(4-2)9-10-5-6-12(14)11(13)8-10/h1,5-6,8H,4,7,9,14H2,2H3. The van der Waals surface area contributed by atoms with Gasteiger partial charge >= 0.3 is 0 Å². The van der Waals surface area contributed by atoms with Crippen LogP contribution in [0.3, 0.4) is 0 Å². The van der Waals surface area contributed by atoms with E-state index in [0.717, 1.165) is 18.7 Å². The van der Waals surface area contributed by atoms with Crippen molar-refractivity contribution >= 4 is 17.3 Å². The molecule has 0 heterocycles. The third kappa shape index (κ3) is 3.47. The molecule has 3 heteroatoms. The first kappa shape index (κ1) is 11.9. The van der Waals surface area contributed by atoms with Crippen molar-refractivity contribution in [2.24, 2.45) is 0 Å². The highest BCUT2D eigenvalue weighted by Gasteiger charge is 2.03. The number of terminal acetylenes is 1. The Morgan fingerprint density at radius 3 is 2.80 bits per heavy atom. The molecule has 15 heavy (non-hydrogen) atoms. The van der Waals surface area contributed by atoms with E-state index in [9.17, 15) is 0 Å². The van der Waals surface area contributed by atoms with Crippen molar-refractivity contribution in [2.75, 3.05) is 18.8 Å². The van der Waals surface area contributed by atoms with Gasteiger partial charge in [0, 0.05) is 6.54 Å². The quantitative estimate of drug-likeness (QED) is 0.626. The summed E-state index contributed by atoms with van der Waals surface area (Å²) >= 11 is 5.93. The smallest absolute Gasteiger partial charge is 0.0638 e. The van der Waals surface area contributed by atoms with Gasteiger partial charge in [-0.05, 0) is 24.2 Å². The molecule has 0 atom stereocenters. The van der Waals surface area contributed by atoms with Gasteiger partial charge in [-0.1, -0.05) is 30.5 Å². The Balaban J connectivity index is 2.71. The van der Waals surface area contributed by atoms with Gasteiger partial charge in [-0.2, -0.15) is 0 Å². The van der Waals surface area contributed by atoms with Gasteiger partial charge in [0.15, 0.2) is 0 Å². The van der Waals surface area contributed by atoms with Gasteiger partial charge in [-0.3, -0.25) is 4.90 Å².